The second-order valence-electron chi connectivity index (χ2n) is 11.7. The van der Waals surface area contributed by atoms with E-state index >= 15 is 0 Å². The summed E-state index contributed by atoms with van der Waals surface area (Å²) in [6.45, 7) is 5.74. The molecule has 1 heterocycles. The second kappa shape index (κ2) is 11.5. The molecule has 6 rings (SSSR count). The van der Waals surface area contributed by atoms with Gasteiger partial charge in [0.15, 0.2) is 0 Å². The van der Waals surface area contributed by atoms with E-state index in [0.29, 0.717) is 11.3 Å². The SMILES string of the molecule is COc1cc(C2Cc3ccccc3[C@@H](NC(=O)c3c(C)cccc3C)C2)cc2c1CCCC2NC(=O)c1conc1C. The predicted molar refractivity (Wildman–Crippen MR) is 161 cm³/mol. The number of amides is 2. The summed E-state index contributed by atoms with van der Waals surface area (Å²) in [5.41, 5.74) is 9.55. The van der Waals surface area contributed by atoms with E-state index in [-0.39, 0.29) is 29.8 Å². The summed E-state index contributed by atoms with van der Waals surface area (Å²) < 4.78 is 10.9. The Balaban J connectivity index is 1.33. The zero-order valence-corrected chi connectivity index (χ0v) is 24.6. The molecule has 42 heavy (non-hydrogen) atoms. The number of nitrogens with one attached hydrogen (secondary N) is 2. The lowest BCUT2D eigenvalue weighted by atomic mass is 9.75. The molecule has 2 amide bonds. The molecule has 0 saturated heterocycles. The van der Waals surface area contributed by atoms with Gasteiger partial charge in [0.25, 0.3) is 11.8 Å². The summed E-state index contributed by atoms with van der Waals surface area (Å²) in [7, 11) is 1.71. The van der Waals surface area contributed by atoms with Crippen molar-refractivity contribution in [1.29, 1.82) is 0 Å². The number of aromatic nitrogens is 1. The number of aryl methyl sites for hydroxylation is 3. The molecular weight excluding hydrogens is 526 g/mol. The van der Waals surface area contributed by atoms with Crippen molar-refractivity contribution in [3.05, 3.63) is 117 Å². The third-order valence-corrected chi connectivity index (χ3v) is 8.98. The van der Waals surface area contributed by atoms with Crippen LogP contribution in [0.3, 0.4) is 0 Å². The van der Waals surface area contributed by atoms with Crippen LogP contribution in [-0.2, 0) is 12.8 Å². The van der Waals surface area contributed by atoms with Crippen molar-refractivity contribution >= 4 is 11.8 Å². The van der Waals surface area contributed by atoms with E-state index in [1.165, 1.54) is 17.4 Å². The number of hydrogen-bond donors (Lipinski definition) is 2. The monoisotopic (exact) mass is 563 g/mol. The van der Waals surface area contributed by atoms with E-state index in [1.807, 2.05) is 38.1 Å². The molecule has 2 unspecified atom stereocenters. The van der Waals surface area contributed by atoms with Crippen LogP contribution in [0.4, 0.5) is 0 Å². The second-order valence-corrected chi connectivity index (χ2v) is 11.7. The van der Waals surface area contributed by atoms with E-state index in [4.69, 9.17) is 9.26 Å². The number of hydrogen-bond acceptors (Lipinski definition) is 5. The topological polar surface area (TPSA) is 93.5 Å². The number of ether oxygens (including phenoxy) is 1. The molecule has 7 nitrogen and oxygen atoms in total. The number of carbonyl (C=O) groups excluding carboxylic acids is 2. The van der Waals surface area contributed by atoms with Gasteiger partial charge < -0.3 is 19.9 Å². The first-order chi connectivity index (χ1) is 20.3. The van der Waals surface area contributed by atoms with Crippen LogP contribution >= 0.6 is 0 Å². The lowest BCUT2D eigenvalue weighted by Gasteiger charge is -2.34. The minimum Gasteiger partial charge on any atom is -0.496 e. The lowest BCUT2D eigenvalue weighted by Crippen LogP contribution is -2.34. The summed E-state index contributed by atoms with van der Waals surface area (Å²) >= 11 is 0. The fourth-order valence-corrected chi connectivity index (χ4v) is 6.83. The number of carbonyl (C=O) groups is 2. The summed E-state index contributed by atoms with van der Waals surface area (Å²) in [4.78, 5) is 26.7. The van der Waals surface area contributed by atoms with Crippen LogP contribution in [0.5, 0.6) is 5.75 Å². The Bertz CT molecular complexity index is 1640. The van der Waals surface area contributed by atoms with Crippen molar-refractivity contribution in [3.63, 3.8) is 0 Å². The van der Waals surface area contributed by atoms with E-state index in [9.17, 15) is 9.59 Å². The highest BCUT2D eigenvalue weighted by Gasteiger charge is 2.32. The number of benzene rings is 3. The van der Waals surface area contributed by atoms with E-state index < -0.39 is 0 Å². The van der Waals surface area contributed by atoms with Gasteiger partial charge in [0.05, 0.1) is 24.9 Å². The fraction of sp³-hybridized carbons (Fsp3) is 0.343. The van der Waals surface area contributed by atoms with Gasteiger partial charge in [-0.15, -0.1) is 0 Å². The Hall–Kier alpha value is -4.39. The minimum absolute atomic E-state index is 0.0409. The predicted octanol–water partition coefficient (Wildman–Crippen LogP) is 6.62. The van der Waals surface area contributed by atoms with Crippen LogP contribution in [0.25, 0.3) is 0 Å². The Morgan fingerprint density at radius 3 is 2.43 bits per heavy atom. The quantitative estimate of drug-likeness (QED) is 0.275. The normalized spacial score (nSPS) is 19.4. The van der Waals surface area contributed by atoms with Gasteiger partial charge in [-0.1, -0.05) is 53.7 Å². The van der Waals surface area contributed by atoms with E-state index in [0.717, 1.165) is 71.2 Å². The van der Waals surface area contributed by atoms with Gasteiger partial charge in [-0.25, -0.2) is 0 Å². The molecule has 3 aromatic carbocycles. The average Bonchev–Trinajstić information content (AvgIpc) is 3.42. The summed E-state index contributed by atoms with van der Waals surface area (Å²) in [6.07, 6.45) is 5.74. The molecule has 2 N–H and O–H groups in total. The van der Waals surface area contributed by atoms with Crippen LogP contribution < -0.4 is 15.4 Å². The van der Waals surface area contributed by atoms with Gasteiger partial charge >= 0.3 is 0 Å². The van der Waals surface area contributed by atoms with Crippen molar-refractivity contribution in [3.8, 4) is 5.75 Å². The van der Waals surface area contributed by atoms with Crippen LogP contribution in [0.1, 0.15) is 103 Å². The van der Waals surface area contributed by atoms with Gasteiger partial charge in [-0.2, -0.15) is 0 Å². The van der Waals surface area contributed by atoms with Crippen molar-refractivity contribution in [1.82, 2.24) is 15.8 Å². The van der Waals surface area contributed by atoms with Gasteiger partial charge in [0.1, 0.15) is 17.6 Å². The first kappa shape index (κ1) is 27.8. The smallest absolute Gasteiger partial charge is 0.256 e. The van der Waals surface area contributed by atoms with Crippen molar-refractivity contribution < 1.29 is 18.8 Å². The summed E-state index contributed by atoms with van der Waals surface area (Å²) in [5, 5.41) is 10.5. The molecule has 1 aromatic heterocycles. The van der Waals surface area contributed by atoms with Crippen molar-refractivity contribution in [2.24, 2.45) is 0 Å². The van der Waals surface area contributed by atoms with Crippen LogP contribution in [-0.4, -0.2) is 24.1 Å². The maximum absolute atomic E-state index is 13.6. The molecule has 216 valence electrons. The molecular formula is C35H37N3O4. The van der Waals surface area contributed by atoms with Crippen LogP contribution in [0.15, 0.2) is 65.4 Å². The average molecular weight is 564 g/mol. The highest BCUT2D eigenvalue weighted by atomic mass is 16.5. The van der Waals surface area contributed by atoms with Crippen LogP contribution in [0.2, 0.25) is 0 Å². The molecule has 0 fully saturated rings. The summed E-state index contributed by atoms with van der Waals surface area (Å²) in [5.74, 6) is 0.802. The van der Waals surface area contributed by atoms with Gasteiger partial charge in [-0.3, -0.25) is 9.59 Å². The zero-order chi connectivity index (χ0) is 29.4. The van der Waals surface area contributed by atoms with Gasteiger partial charge in [0.2, 0.25) is 0 Å². The number of fused-ring (bicyclic) bond motifs is 2. The first-order valence-electron chi connectivity index (χ1n) is 14.7. The highest BCUT2D eigenvalue weighted by molar-refractivity contribution is 5.97. The Morgan fingerprint density at radius 1 is 0.929 bits per heavy atom. The third-order valence-electron chi connectivity index (χ3n) is 8.98. The standard InChI is InChI=1S/C35H37N3O4/c1-20-9-7-10-21(2)33(20)35(40)37-31-17-24(15-23-11-5-6-12-26(23)31)25-16-28-27(32(18-25)41-4)13-8-14-30(28)36-34(39)29-19-42-38-22(29)3/h5-7,9-12,16,18-19,24,30-31H,8,13-15,17H2,1-4H3,(H,36,39)(H,37,40)/t24?,30?,31-/m0/s1. The molecule has 0 aliphatic heterocycles. The number of rotatable bonds is 6. The van der Waals surface area contributed by atoms with E-state index in [1.54, 1.807) is 14.0 Å². The molecule has 2 aliphatic carbocycles. The van der Waals surface area contributed by atoms with Gasteiger partial charge in [-0.05, 0) is 104 Å². The van der Waals surface area contributed by atoms with Gasteiger partial charge in [0, 0.05) is 5.56 Å². The molecule has 0 saturated carbocycles. The number of methoxy groups -OCH3 is 1. The van der Waals surface area contributed by atoms with Crippen molar-refractivity contribution in [2.45, 2.75) is 70.9 Å². The fourth-order valence-electron chi connectivity index (χ4n) is 6.83. The molecule has 7 heteroatoms. The van der Waals surface area contributed by atoms with Crippen molar-refractivity contribution in [2.75, 3.05) is 7.11 Å². The van der Waals surface area contributed by atoms with Crippen LogP contribution in [0, 0.1) is 20.8 Å². The molecule has 0 radical (unpaired) electrons. The maximum atomic E-state index is 13.6. The first-order valence-corrected chi connectivity index (χ1v) is 14.7. The Labute approximate surface area is 246 Å². The molecule has 0 spiro atoms. The molecule has 2 aliphatic rings. The Morgan fingerprint density at radius 2 is 1.69 bits per heavy atom. The third kappa shape index (κ3) is 5.20. The minimum atomic E-state index is -0.183. The Kier molecular flexibility index (Phi) is 7.58. The largest absolute Gasteiger partial charge is 0.496 e. The molecule has 3 atom stereocenters. The van der Waals surface area contributed by atoms with E-state index in [2.05, 4.69) is 46.1 Å². The molecule has 4 aromatic rings. The lowest BCUT2D eigenvalue weighted by molar-refractivity contribution is 0.0922. The number of nitrogens with zero attached hydrogens (tertiary/aromatic N) is 1. The maximum Gasteiger partial charge on any atom is 0.256 e. The zero-order valence-electron chi connectivity index (χ0n) is 24.6. The molecule has 0 bridgehead atoms. The highest BCUT2D eigenvalue weighted by Crippen LogP contribution is 2.43. The summed E-state index contributed by atoms with van der Waals surface area (Å²) in [6, 6.07) is 18.5.